The van der Waals surface area contributed by atoms with Gasteiger partial charge in [0.25, 0.3) is 5.91 Å². The van der Waals surface area contributed by atoms with Gasteiger partial charge in [-0.2, -0.15) is 0 Å². The van der Waals surface area contributed by atoms with Crippen LogP contribution in [0.1, 0.15) is 28.6 Å². The summed E-state index contributed by atoms with van der Waals surface area (Å²) in [4.78, 5) is 26.3. The number of nitrogens with zero attached hydrogens (tertiary/aromatic N) is 2. The number of amides is 2. The van der Waals surface area contributed by atoms with Crippen LogP contribution in [0.5, 0.6) is 0 Å². The van der Waals surface area contributed by atoms with Gasteiger partial charge in [0.2, 0.25) is 11.7 Å². The van der Waals surface area contributed by atoms with Crippen LogP contribution in [-0.4, -0.2) is 27.9 Å². The predicted octanol–water partition coefficient (Wildman–Crippen LogP) is 1.97. The number of aromatic nitrogens is 1. The molecule has 21 heavy (non-hydrogen) atoms. The number of anilines is 1. The number of carbonyl (C=O) groups is 2. The smallest absolute Gasteiger partial charge is 0.293 e. The van der Waals surface area contributed by atoms with Crippen molar-refractivity contribution in [3.8, 4) is 0 Å². The van der Waals surface area contributed by atoms with Gasteiger partial charge in [0.05, 0.1) is 6.20 Å². The van der Waals surface area contributed by atoms with Crippen LogP contribution in [0.3, 0.4) is 0 Å². The Morgan fingerprint density at radius 2 is 2.19 bits per heavy atom. The molecule has 0 radical (unpaired) electrons. The van der Waals surface area contributed by atoms with Gasteiger partial charge in [-0.05, 0) is 25.5 Å². The van der Waals surface area contributed by atoms with E-state index >= 15 is 0 Å². The summed E-state index contributed by atoms with van der Waals surface area (Å²) in [5.41, 5.74) is 2.28. The van der Waals surface area contributed by atoms with Gasteiger partial charge in [0, 0.05) is 17.8 Å². The molecule has 1 atom stereocenters. The molecule has 0 bridgehead atoms. The van der Waals surface area contributed by atoms with E-state index < -0.39 is 6.04 Å². The maximum Gasteiger partial charge on any atom is 0.293 e. The first-order valence-corrected chi connectivity index (χ1v) is 6.69. The summed E-state index contributed by atoms with van der Waals surface area (Å²) in [5, 5.41) is 6.46. The SMILES string of the molecule is Cc1cnoc1C(=O)N1Cc2ccccc2NC(=O)C1C. The lowest BCUT2D eigenvalue weighted by Gasteiger charge is -2.24. The van der Waals surface area contributed by atoms with E-state index in [0.29, 0.717) is 12.1 Å². The minimum atomic E-state index is -0.589. The molecule has 3 rings (SSSR count). The molecule has 0 saturated heterocycles. The van der Waals surface area contributed by atoms with Gasteiger partial charge in [-0.3, -0.25) is 9.59 Å². The number of fused-ring (bicyclic) bond motifs is 1. The number of rotatable bonds is 1. The quantitative estimate of drug-likeness (QED) is 0.869. The zero-order valence-electron chi connectivity index (χ0n) is 11.8. The van der Waals surface area contributed by atoms with Crippen molar-refractivity contribution in [2.75, 3.05) is 5.32 Å². The summed E-state index contributed by atoms with van der Waals surface area (Å²) in [6.45, 7) is 3.79. The first-order chi connectivity index (χ1) is 10.1. The fourth-order valence-electron chi connectivity index (χ4n) is 2.35. The van der Waals surface area contributed by atoms with Crippen LogP contribution in [0.2, 0.25) is 0 Å². The Morgan fingerprint density at radius 3 is 2.90 bits per heavy atom. The van der Waals surface area contributed by atoms with Crippen molar-refractivity contribution >= 4 is 17.5 Å². The normalized spacial score (nSPS) is 17.9. The highest BCUT2D eigenvalue weighted by Gasteiger charge is 2.32. The second-order valence-electron chi connectivity index (χ2n) is 5.09. The van der Waals surface area contributed by atoms with Crippen molar-refractivity contribution in [3.63, 3.8) is 0 Å². The van der Waals surface area contributed by atoms with Gasteiger partial charge in [-0.25, -0.2) is 0 Å². The summed E-state index contributed by atoms with van der Waals surface area (Å²) < 4.78 is 5.02. The minimum Gasteiger partial charge on any atom is -0.351 e. The fraction of sp³-hybridized carbons (Fsp3) is 0.267. The molecule has 0 aliphatic carbocycles. The van der Waals surface area contributed by atoms with E-state index in [2.05, 4.69) is 10.5 Å². The monoisotopic (exact) mass is 285 g/mol. The summed E-state index contributed by atoms with van der Waals surface area (Å²) in [6.07, 6.45) is 1.49. The summed E-state index contributed by atoms with van der Waals surface area (Å²) in [5.74, 6) is -0.371. The van der Waals surface area contributed by atoms with E-state index in [4.69, 9.17) is 4.52 Å². The van der Waals surface area contributed by atoms with Crippen LogP contribution in [0.25, 0.3) is 0 Å². The zero-order chi connectivity index (χ0) is 15.0. The Balaban J connectivity index is 2.00. The van der Waals surface area contributed by atoms with Gasteiger partial charge in [0.15, 0.2) is 0 Å². The van der Waals surface area contributed by atoms with E-state index in [1.54, 1.807) is 13.8 Å². The van der Waals surface area contributed by atoms with Gasteiger partial charge in [0.1, 0.15) is 6.04 Å². The molecular weight excluding hydrogens is 270 g/mol. The third-order valence-electron chi connectivity index (χ3n) is 3.67. The van der Waals surface area contributed by atoms with Crippen LogP contribution < -0.4 is 5.32 Å². The Bertz CT molecular complexity index is 708. The highest BCUT2D eigenvalue weighted by molar-refractivity contribution is 6.01. The number of hydrogen-bond donors (Lipinski definition) is 1. The molecule has 1 unspecified atom stereocenters. The molecule has 1 aromatic heterocycles. The lowest BCUT2D eigenvalue weighted by Crippen LogP contribution is -2.43. The van der Waals surface area contributed by atoms with Crippen molar-refractivity contribution in [2.45, 2.75) is 26.4 Å². The first-order valence-electron chi connectivity index (χ1n) is 6.69. The lowest BCUT2D eigenvalue weighted by molar-refractivity contribution is -0.120. The second-order valence-corrected chi connectivity index (χ2v) is 5.09. The van der Waals surface area contributed by atoms with Gasteiger partial charge in [-0.1, -0.05) is 23.4 Å². The molecule has 108 valence electrons. The lowest BCUT2D eigenvalue weighted by atomic mass is 10.1. The van der Waals surface area contributed by atoms with E-state index in [0.717, 1.165) is 11.3 Å². The molecule has 0 spiro atoms. The molecule has 6 heteroatoms. The molecule has 1 N–H and O–H groups in total. The van der Waals surface area contributed by atoms with Crippen LogP contribution >= 0.6 is 0 Å². The predicted molar refractivity (Wildman–Crippen MR) is 75.6 cm³/mol. The Hall–Kier alpha value is -2.63. The Labute approximate surface area is 121 Å². The Kier molecular flexibility index (Phi) is 3.21. The van der Waals surface area contributed by atoms with Crippen molar-refractivity contribution in [1.82, 2.24) is 10.1 Å². The molecular formula is C15H15N3O3. The van der Waals surface area contributed by atoms with E-state index in [-0.39, 0.29) is 17.6 Å². The van der Waals surface area contributed by atoms with E-state index in [9.17, 15) is 9.59 Å². The van der Waals surface area contributed by atoms with E-state index in [1.165, 1.54) is 11.1 Å². The highest BCUT2D eigenvalue weighted by Crippen LogP contribution is 2.24. The summed E-state index contributed by atoms with van der Waals surface area (Å²) in [6, 6.07) is 6.86. The minimum absolute atomic E-state index is 0.175. The number of hydrogen-bond acceptors (Lipinski definition) is 4. The van der Waals surface area contributed by atoms with Crippen molar-refractivity contribution in [2.24, 2.45) is 0 Å². The summed E-state index contributed by atoms with van der Waals surface area (Å²) >= 11 is 0. The maximum atomic E-state index is 12.6. The van der Waals surface area contributed by atoms with Crippen molar-refractivity contribution in [3.05, 3.63) is 47.3 Å². The molecule has 2 heterocycles. The number of para-hydroxylation sites is 1. The van der Waals surface area contributed by atoms with Crippen molar-refractivity contribution in [1.29, 1.82) is 0 Å². The standard InChI is InChI=1S/C15H15N3O3/c1-9-7-16-21-13(9)15(20)18-8-11-5-3-4-6-12(11)17-14(19)10(18)2/h3-7,10H,8H2,1-2H3,(H,17,19). The van der Waals surface area contributed by atoms with Crippen molar-refractivity contribution < 1.29 is 14.1 Å². The molecule has 1 aromatic carbocycles. The van der Waals surface area contributed by atoms with Gasteiger partial charge in [-0.15, -0.1) is 0 Å². The third-order valence-corrected chi connectivity index (χ3v) is 3.67. The first kappa shape index (κ1) is 13.4. The highest BCUT2D eigenvalue weighted by atomic mass is 16.5. The molecule has 2 amide bonds. The van der Waals surface area contributed by atoms with Crippen LogP contribution in [0, 0.1) is 6.92 Å². The van der Waals surface area contributed by atoms with Crippen LogP contribution in [0.15, 0.2) is 35.0 Å². The van der Waals surface area contributed by atoms with E-state index in [1.807, 2.05) is 24.3 Å². The molecule has 6 nitrogen and oxygen atoms in total. The second kappa shape index (κ2) is 5.05. The largest absolute Gasteiger partial charge is 0.351 e. The summed E-state index contributed by atoms with van der Waals surface area (Å²) in [7, 11) is 0. The number of aryl methyl sites for hydroxylation is 1. The number of carbonyl (C=O) groups excluding carboxylic acids is 2. The average molecular weight is 285 g/mol. The van der Waals surface area contributed by atoms with Gasteiger partial charge >= 0.3 is 0 Å². The number of benzene rings is 1. The zero-order valence-corrected chi connectivity index (χ0v) is 11.8. The molecule has 1 aliphatic heterocycles. The molecule has 0 fully saturated rings. The molecule has 1 aliphatic rings. The third kappa shape index (κ3) is 2.29. The average Bonchev–Trinajstić information content (AvgIpc) is 2.85. The van der Waals surface area contributed by atoms with Gasteiger partial charge < -0.3 is 14.7 Å². The van der Waals surface area contributed by atoms with Crippen LogP contribution in [-0.2, 0) is 11.3 Å². The van der Waals surface area contributed by atoms with Crippen LogP contribution in [0.4, 0.5) is 5.69 Å². The molecule has 0 saturated carbocycles. The maximum absolute atomic E-state index is 12.6. The number of nitrogens with one attached hydrogen (secondary N) is 1. The topological polar surface area (TPSA) is 75.4 Å². The molecule has 2 aromatic rings. The Morgan fingerprint density at radius 1 is 1.43 bits per heavy atom. The fourth-order valence-corrected chi connectivity index (χ4v) is 2.35.